The SMILES string of the molecule is Nc1nnc(C2CC2)cc1-c1cccc(C(F)(F)F)c1. The van der Waals surface area contributed by atoms with E-state index in [0.717, 1.165) is 30.7 Å². The zero-order valence-corrected chi connectivity index (χ0v) is 10.5. The highest BCUT2D eigenvalue weighted by Gasteiger charge is 2.31. The summed E-state index contributed by atoms with van der Waals surface area (Å²) < 4.78 is 38.2. The summed E-state index contributed by atoms with van der Waals surface area (Å²) in [6.07, 6.45) is -2.29. The molecule has 0 amide bonds. The molecule has 1 heterocycles. The molecule has 1 aliphatic carbocycles. The molecule has 1 aromatic carbocycles. The molecule has 0 unspecified atom stereocenters. The molecule has 0 spiro atoms. The highest BCUT2D eigenvalue weighted by Crippen LogP contribution is 2.41. The fourth-order valence-corrected chi connectivity index (χ4v) is 2.09. The molecule has 20 heavy (non-hydrogen) atoms. The van der Waals surface area contributed by atoms with Gasteiger partial charge in [-0.25, -0.2) is 0 Å². The molecule has 1 fully saturated rings. The molecule has 0 saturated heterocycles. The van der Waals surface area contributed by atoms with Crippen LogP contribution in [0.5, 0.6) is 0 Å². The molecule has 2 aromatic rings. The molecule has 0 atom stereocenters. The Morgan fingerprint density at radius 1 is 1.10 bits per heavy atom. The first kappa shape index (κ1) is 12.9. The highest BCUT2D eigenvalue weighted by molar-refractivity contribution is 5.74. The Kier molecular flexibility index (Phi) is 2.88. The minimum atomic E-state index is -4.37. The van der Waals surface area contributed by atoms with Gasteiger partial charge in [-0.1, -0.05) is 12.1 Å². The average molecular weight is 279 g/mol. The van der Waals surface area contributed by atoms with Crippen molar-refractivity contribution in [3.05, 3.63) is 41.6 Å². The molecule has 1 saturated carbocycles. The van der Waals surface area contributed by atoms with E-state index < -0.39 is 11.7 Å². The minimum absolute atomic E-state index is 0.147. The van der Waals surface area contributed by atoms with Gasteiger partial charge in [0.2, 0.25) is 0 Å². The van der Waals surface area contributed by atoms with Gasteiger partial charge in [-0.2, -0.15) is 18.3 Å². The summed E-state index contributed by atoms with van der Waals surface area (Å²) in [6, 6.07) is 6.84. The second-order valence-electron chi connectivity index (χ2n) is 4.92. The van der Waals surface area contributed by atoms with E-state index in [9.17, 15) is 13.2 Å². The van der Waals surface area contributed by atoms with Crippen molar-refractivity contribution in [3.8, 4) is 11.1 Å². The Hall–Kier alpha value is -2.11. The number of aromatic nitrogens is 2. The number of nitrogen functional groups attached to an aromatic ring is 1. The summed E-state index contributed by atoms with van der Waals surface area (Å²) in [5.41, 5.74) is 6.77. The topological polar surface area (TPSA) is 51.8 Å². The monoisotopic (exact) mass is 279 g/mol. The van der Waals surface area contributed by atoms with Gasteiger partial charge >= 0.3 is 6.18 Å². The fraction of sp³-hybridized carbons (Fsp3) is 0.286. The number of hydrogen-bond donors (Lipinski definition) is 1. The van der Waals surface area contributed by atoms with E-state index >= 15 is 0 Å². The minimum Gasteiger partial charge on any atom is -0.382 e. The maximum absolute atomic E-state index is 12.7. The van der Waals surface area contributed by atoms with E-state index in [-0.39, 0.29) is 5.82 Å². The third kappa shape index (κ3) is 2.45. The maximum atomic E-state index is 12.7. The van der Waals surface area contributed by atoms with Crippen LogP contribution in [0.4, 0.5) is 19.0 Å². The van der Waals surface area contributed by atoms with E-state index in [1.54, 1.807) is 12.1 Å². The second-order valence-corrected chi connectivity index (χ2v) is 4.92. The van der Waals surface area contributed by atoms with Crippen LogP contribution in [0, 0.1) is 0 Å². The van der Waals surface area contributed by atoms with Gasteiger partial charge in [0.25, 0.3) is 0 Å². The molecule has 1 aliphatic rings. The van der Waals surface area contributed by atoms with Crippen molar-refractivity contribution >= 4 is 5.82 Å². The predicted molar refractivity (Wildman–Crippen MR) is 68.9 cm³/mol. The molecule has 2 N–H and O–H groups in total. The van der Waals surface area contributed by atoms with Crippen LogP contribution in [0.2, 0.25) is 0 Å². The standard InChI is InChI=1S/C14H12F3N3/c15-14(16,17)10-3-1-2-9(6-10)11-7-12(8-4-5-8)19-20-13(11)18/h1-3,6-8H,4-5H2,(H2,18,20). The van der Waals surface area contributed by atoms with Crippen molar-refractivity contribution < 1.29 is 13.2 Å². The van der Waals surface area contributed by atoms with Crippen molar-refractivity contribution in [1.82, 2.24) is 10.2 Å². The number of benzene rings is 1. The summed E-state index contributed by atoms with van der Waals surface area (Å²) in [5, 5.41) is 7.86. The number of hydrogen-bond acceptors (Lipinski definition) is 3. The Bertz CT molecular complexity index is 648. The van der Waals surface area contributed by atoms with Crippen LogP contribution in [0.15, 0.2) is 30.3 Å². The lowest BCUT2D eigenvalue weighted by molar-refractivity contribution is -0.137. The van der Waals surface area contributed by atoms with Crippen molar-refractivity contribution in [2.45, 2.75) is 24.9 Å². The van der Waals surface area contributed by atoms with Crippen LogP contribution < -0.4 is 5.73 Å². The summed E-state index contributed by atoms with van der Waals surface area (Å²) in [7, 11) is 0. The quantitative estimate of drug-likeness (QED) is 0.913. The van der Waals surface area contributed by atoms with Gasteiger partial charge in [0.05, 0.1) is 11.3 Å². The lowest BCUT2D eigenvalue weighted by Gasteiger charge is -2.10. The Labute approximate surface area is 113 Å². The van der Waals surface area contributed by atoms with E-state index in [4.69, 9.17) is 5.73 Å². The molecule has 1 aromatic heterocycles. The average Bonchev–Trinajstić information content (AvgIpc) is 3.23. The number of rotatable bonds is 2. The molecular weight excluding hydrogens is 267 g/mol. The molecular formula is C14H12F3N3. The fourth-order valence-electron chi connectivity index (χ4n) is 2.09. The summed E-state index contributed by atoms with van der Waals surface area (Å²) >= 11 is 0. The van der Waals surface area contributed by atoms with Gasteiger partial charge in [-0.15, -0.1) is 5.10 Å². The zero-order valence-electron chi connectivity index (χ0n) is 10.5. The number of alkyl halides is 3. The summed E-state index contributed by atoms with van der Waals surface area (Å²) in [4.78, 5) is 0. The Balaban J connectivity index is 2.06. The molecule has 0 bridgehead atoms. The lowest BCUT2D eigenvalue weighted by Crippen LogP contribution is -2.05. The summed E-state index contributed by atoms with van der Waals surface area (Å²) in [5.74, 6) is 0.515. The van der Waals surface area contributed by atoms with Crippen molar-refractivity contribution in [3.63, 3.8) is 0 Å². The van der Waals surface area contributed by atoms with Crippen LogP contribution >= 0.6 is 0 Å². The molecule has 0 aliphatic heterocycles. The van der Waals surface area contributed by atoms with Gasteiger partial charge in [0, 0.05) is 11.5 Å². The first-order chi connectivity index (χ1) is 9.45. The second kappa shape index (κ2) is 4.47. The van der Waals surface area contributed by atoms with Crippen LogP contribution in [-0.4, -0.2) is 10.2 Å². The summed E-state index contributed by atoms with van der Waals surface area (Å²) in [6.45, 7) is 0. The van der Waals surface area contributed by atoms with Crippen LogP contribution in [0.3, 0.4) is 0 Å². The lowest BCUT2D eigenvalue weighted by atomic mass is 10.0. The van der Waals surface area contributed by atoms with Gasteiger partial charge in [0.1, 0.15) is 0 Å². The highest BCUT2D eigenvalue weighted by atomic mass is 19.4. The third-order valence-corrected chi connectivity index (χ3v) is 3.34. The predicted octanol–water partition coefficient (Wildman–Crippen LogP) is 3.62. The number of nitrogens with zero attached hydrogens (tertiary/aromatic N) is 2. The first-order valence-corrected chi connectivity index (χ1v) is 6.26. The van der Waals surface area contributed by atoms with E-state index in [1.807, 2.05) is 0 Å². The Morgan fingerprint density at radius 3 is 2.50 bits per heavy atom. The van der Waals surface area contributed by atoms with Crippen molar-refractivity contribution in [2.24, 2.45) is 0 Å². The largest absolute Gasteiger partial charge is 0.416 e. The maximum Gasteiger partial charge on any atom is 0.416 e. The van der Waals surface area contributed by atoms with Gasteiger partial charge in [-0.3, -0.25) is 0 Å². The van der Waals surface area contributed by atoms with Crippen molar-refractivity contribution in [2.75, 3.05) is 5.73 Å². The normalized spacial score (nSPS) is 15.3. The number of anilines is 1. The van der Waals surface area contributed by atoms with Crippen molar-refractivity contribution in [1.29, 1.82) is 0 Å². The zero-order chi connectivity index (χ0) is 14.3. The van der Waals surface area contributed by atoms with Crippen LogP contribution in [0.1, 0.15) is 30.0 Å². The first-order valence-electron chi connectivity index (χ1n) is 6.26. The van der Waals surface area contributed by atoms with E-state index in [1.165, 1.54) is 6.07 Å². The van der Waals surface area contributed by atoms with Crippen LogP contribution in [0.25, 0.3) is 11.1 Å². The van der Waals surface area contributed by atoms with Gasteiger partial charge in [0.15, 0.2) is 5.82 Å². The number of nitrogens with two attached hydrogens (primary N) is 1. The van der Waals surface area contributed by atoms with E-state index in [2.05, 4.69) is 10.2 Å². The molecule has 3 rings (SSSR count). The Morgan fingerprint density at radius 2 is 1.85 bits per heavy atom. The third-order valence-electron chi connectivity index (χ3n) is 3.34. The molecule has 0 radical (unpaired) electrons. The van der Waals surface area contributed by atoms with E-state index in [0.29, 0.717) is 17.0 Å². The smallest absolute Gasteiger partial charge is 0.382 e. The van der Waals surface area contributed by atoms with Gasteiger partial charge < -0.3 is 5.73 Å². The van der Waals surface area contributed by atoms with Gasteiger partial charge in [-0.05, 0) is 36.6 Å². The molecule has 6 heteroatoms. The molecule has 3 nitrogen and oxygen atoms in total. The molecule has 104 valence electrons. The number of halogens is 3. The van der Waals surface area contributed by atoms with Crippen LogP contribution in [-0.2, 0) is 6.18 Å².